The molecule has 0 aliphatic carbocycles. The standard InChI is InChI=1S/C24H21NO4/c1-16-7-6-8-17(2)22(16)25-21(26)15-29-24(28)20-13-11-19(12-14-20)23(27)18-9-4-3-5-10-18/h3-14H,15H2,1-2H3,(H,25,26). The second kappa shape index (κ2) is 8.97. The number of aryl methyl sites for hydroxylation is 2. The van der Waals surface area contributed by atoms with Crippen LogP contribution in [0.4, 0.5) is 5.69 Å². The van der Waals surface area contributed by atoms with Gasteiger partial charge in [-0.1, -0.05) is 60.7 Å². The van der Waals surface area contributed by atoms with Gasteiger partial charge in [0.15, 0.2) is 12.4 Å². The molecule has 0 aromatic heterocycles. The van der Waals surface area contributed by atoms with Crippen LogP contribution in [0.15, 0.2) is 72.8 Å². The molecule has 0 unspecified atom stereocenters. The van der Waals surface area contributed by atoms with Gasteiger partial charge in [-0.15, -0.1) is 0 Å². The molecule has 0 saturated carbocycles. The van der Waals surface area contributed by atoms with Gasteiger partial charge in [0.25, 0.3) is 5.91 Å². The number of carbonyl (C=O) groups is 3. The van der Waals surface area contributed by atoms with Gasteiger partial charge in [0.1, 0.15) is 0 Å². The third kappa shape index (κ3) is 4.96. The van der Waals surface area contributed by atoms with Gasteiger partial charge in [0.2, 0.25) is 0 Å². The second-order valence-corrected chi connectivity index (χ2v) is 6.66. The van der Waals surface area contributed by atoms with Crippen molar-refractivity contribution in [3.63, 3.8) is 0 Å². The quantitative estimate of drug-likeness (QED) is 0.505. The van der Waals surface area contributed by atoms with E-state index in [1.807, 2.05) is 38.1 Å². The van der Waals surface area contributed by atoms with Gasteiger partial charge >= 0.3 is 5.97 Å². The van der Waals surface area contributed by atoms with Crippen molar-refractivity contribution in [3.8, 4) is 0 Å². The number of benzene rings is 3. The molecule has 0 spiro atoms. The summed E-state index contributed by atoms with van der Waals surface area (Å²) in [6.45, 7) is 3.40. The predicted molar refractivity (Wildman–Crippen MR) is 111 cm³/mol. The summed E-state index contributed by atoms with van der Waals surface area (Å²) in [6, 6.07) is 20.8. The summed E-state index contributed by atoms with van der Waals surface area (Å²) in [5, 5.41) is 2.77. The van der Waals surface area contributed by atoms with Crippen molar-refractivity contribution in [2.45, 2.75) is 13.8 Å². The number of anilines is 1. The van der Waals surface area contributed by atoms with E-state index >= 15 is 0 Å². The van der Waals surface area contributed by atoms with Crippen LogP contribution in [0, 0.1) is 13.8 Å². The molecular formula is C24H21NO4. The summed E-state index contributed by atoms with van der Waals surface area (Å²) >= 11 is 0. The Kier molecular flexibility index (Phi) is 6.19. The van der Waals surface area contributed by atoms with Crippen LogP contribution in [-0.2, 0) is 9.53 Å². The van der Waals surface area contributed by atoms with E-state index in [1.165, 1.54) is 12.1 Å². The topological polar surface area (TPSA) is 72.5 Å². The molecule has 146 valence electrons. The zero-order valence-corrected chi connectivity index (χ0v) is 16.3. The first kappa shape index (κ1) is 20.0. The van der Waals surface area contributed by atoms with E-state index in [4.69, 9.17) is 4.74 Å². The Balaban J connectivity index is 1.58. The summed E-state index contributed by atoms with van der Waals surface area (Å²) in [5.74, 6) is -1.16. The molecule has 5 nitrogen and oxygen atoms in total. The minimum absolute atomic E-state index is 0.126. The average Bonchev–Trinajstić information content (AvgIpc) is 2.75. The molecule has 3 rings (SSSR count). The summed E-state index contributed by atoms with van der Waals surface area (Å²) in [4.78, 5) is 36.7. The monoisotopic (exact) mass is 387 g/mol. The van der Waals surface area contributed by atoms with Gasteiger partial charge in [0.05, 0.1) is 5.56 Å². The van der Waals surface area contributed by atoms with E-state index < -0.39 is 18.5 Å². The normalized spacial score (nSPS) is 10.3. The molecule has 0 aliphatic rings. The number of para-hydroxylation sites is 1. The molecule has 29 heavy (non-hydrogen) atoms. The van der Waals surface area contributed by atoms with E-state index in [9.17, 15) is 14.4 Å². The Morgan fingerprint density at radius 3 is 1.90 bits per heavy atom. The van der Waals surface area contributed by atoms with E-state index in [2.05, 4.69) is 5.32 Å². The number of ketones is 1. The van der Waals surface area contributed by atoms with Crippen LogP contribution in [0.5, 0.6) is 0 Å². The Labute approximate surface area is 169 Å². The molecule has 0 fully saturated rings. The molecule has 0 atom stereocenters. The maximum atomic E-state index is 12.4. The smallest absolute Gasteiger partial charge is 0.338 e. The average molecular weight is 387 g/mol. The minimum atomic E-state index is -0.625. The Hall–Kier alpha value is -3.73. The lowest BCUT2D eigenvalue weighted by atomic mass is 10.0. The first-order valence-corrected chi connectivity index (χ1v) is 9.18. The van der Waals surface area contributed by atoms with Crippen LogP contribution in [0.25, 0.3) is 0 Å². The zero-order valence-electron chi connectivity index (χ0n) is 16.3. The maximum Gasteiger partial charge on any atom is 0.338 e. The van der Waals surface area contributed by atoms with E-state index in [-0.39, 0.29) is 11.3 Å². The van der Waals surface area contributed by atoms with Crippen molar-refractivity contribution in [1.29, 1.82) is 0 Å². The molecular weight excluding hydrogens is 366 g/mol. The molecule has 1 amide bonds. The Morgan fingerprint density at radius 2 is 1.28 bits per heavy atom. The van der Waals surface area contributed by atoms with Crippen LogP contribution in [-0.4, -0.2) is 24.3 Å². The number of amides is 1. The number of ether oxygens (including phenoxy) is 1. The van der Waals surface area contributed by atoms with Crippen molar-refractivity contribution >= 4 is 23.3 Å². The van der Waals surface area contributed by atoms with E-state index in [0.29, 0.717) is 11.1 Å². The van der Waals surface area contributed by atoms with Crippen LogP contribution < -0.4 is 5.32 Å². The third-order valence-corrected chi connectivity index (χ3v) is 4.50. The molecule has 3 aromatic carbocycles. The van der Waals surface area contributed by atoms with Gasteiger partial charge in [-0.25, -0.2) is 4.79 Å². The lowest BCUT2D eigenvalue weighted by Crippen LogP contribution is -2.21. The van der Waals surface area contributed by atoms with Gasteiger partial charge < -0.3 is 10.1 Å². The summed E-state index contributed by atoms with van der Waals surface area (Å²) in [5.41, 5.74) is 3.91. The fourth-order valence-electron chi connectivity index (χ4n) is 2.92. The molecule has 0 aliphatic heterocycles. The Morgan fingerprint density at radius 1 is 0.724 bits per heavy atom. The number of nitrogens with one attached hydrogen (secondary N) is 1. The van der Waals surface area contributed by atoms with Crippen LogP contribution in [0.1, 0.15) is 37.4 Å². The number of carbonyl (C=O) groups excluding carboxylic acids is 3. The van der Waals surface area contributed by atoms with Crippen LogP contribution in [0.2, 0.25) is 0 Å². The van der Waals surface area contributed by atoms with Crippen molar-refractivity contribution in [2.75, 3.05) is 11.9 Å². The van der Waals surface area contributed by atoms with E-state index in [0.717, 1.165) is 16.8 Å². The molecule has 0 bridgehead atoms. The maximum absolute atomic E-state index is 12.4. The van der Waals surface area contributed by atoms with Gasteiger partial charge in [0, 0.05) is 16.8 Å². The number of hydrogen-bond donors (Lipinski definition) is 1. The first-order valence-electron chi connectivity index (χ1n) is 9.18. The molecule has 0 saturated heterocycles. The van der Waals surface area contributed by atoms with Crippen molar-refractivity contribution in [2.24, 2.45) is 0 Å². The Bertz CT molecular complexity index is 1020. The fourth-order valence-corrected chi connectivity index (χ4v) is 2.92. The highest BCUT2D eigenvalue weighted by Crippen LogP contribution is 2.19. The van der Waals surface area contributed by atoms with Crippen molar-refractivity contribution in [3.05, 3.63) is 101 Å². The first-order chi connectivity index (χ1) is 14.0. The highest BCUT2D eigenvalue weighted by molar-refractivity contribution is 6.09. The highest BCUT2D eigenvalue weighted by Gasteiger charge is 2.14. The van der Waals surface area contributed by atoms with Gasteiger partial charge in [-0.05, 0) is 37.1 Å². The van der Waals surface area contributed by atoms with Crippen LogP contribution in [0.3, 0.4) is 0 Å². The van der Waals surface area contributed by atoms with Crippen molar-refractivity contribution in [1.82, 2.24) is 0 Å². The minimum Gasteiger partial charge on any atom is -0.452 e. The number of rotatable bonds is 6. The largest absolute Gasteiger partial charge is 0.452 e. The second-order valence-electron chi connectivity index (χ2n) is 6.66. The third-order valence-electron chi connectivity index (χ3n) is 4.50. The molecule has 3 aromatic rings. The molecule has 0 heterocycles. The highest BCUT2D eigenvalue weighted by atomic mass is 16.5. The molecule has 1 N–H and O–H groups in total. The predicted octanol–water partition coefficient (Wildman–Crippen LogP) is 4.33. The van der Waals surface area contributed by atoms with Gasteiger partial charge in [-0.3, -0.25) is 9.59 Å². The lowest BCUT2D eigenvalue weighted by Gasteiger charge is -2.11. The molecule has 5 heteroatoms. The fraction of sp³-hybridized carbons (Fsp3) is 0.125. The lowest BCUT2D eigenvalue weighted by molar-refractivity contribution is -0.119. The number of hydrogen-bond acceptors (Lipinski definition) is 4. The molecule has 0 radical (unpaired) electrons. The van der Waals surface area contributed by atoms with Crippen LogP contribution >= 0.6 is 0 Å². The van der Waals surface area contributed by atoms with Gasteiger partial charge in [-0.2, -0.15) is 0 Å². The van der Waals surface area contributed by atoms with E-state index in [1.54, 1.807) is 36.4 Å². The summed E-state index contributed by atoms with van der Waals surface area (Å²) in [7, 11) is 0. The van der Waals surface area contributed by atoms with Crippen molar-refractivity contribution < 1.29 is 19.1 Å². The zero-order chi connectivity index (χ0) is 20.8. The number of esters is 1. The summed E-state index contributed by atoms with van der Waals surface area (Å²) < 4.78 is 5.09. The summed E-state index contributed by atoms with van der Waals surface area (Å²) in [6.07, 6.45) is 0. The SMILES string of the molecule is Cc1cccc(C)c1NC(=O)COC(=O)c1ccc(C(=O)c2ccccc2)cc1.